The van der Waals surface area contributed by atoms with E-state index in [1.807, 2.05) is 13.1 Å². The lowest BCUT2D eigenvalue weighted by atomic mass is 10.1. The molecule has 5 heteroatoms. The summed E-state index contributed by atoms with van der Waals surface area (Å²) in [6.07, 6.45) is 13.7. The first-order valence-corrected chi connectivity index (χ1v) is 10.5. The zero-order valence-electron chi connectivity index (χ0n) is 17.2. The van der Waals surface area contributed by atoms with Crippen LogP contribution < -0.4 is 10.6 Å². The third kappa shape index (κ3) is 4.25. The first-order chi connectivity index (χ1) is 14.3. The highest BCUT2D eigenvalue weighted by Crippen LogP contribution is 2.25. The Kier molecular flexibility index (Phi) is 6.06. The summed E-state index contributed by atoms with van der Waals surface area (Å²) < 4.78 is 0. The molecule has 4 rings (SSSR count). The molecule has 0 amide bonds. The number of para-hydroxylation sites is 1. The first-order valence-electron chi connectivity index (χ1n) is 10.5. The molecule has 1 aromatic heterocycles. The molecule has 0 spiro atoms. The van der Waals surface area contributed by atoms with Crippen molar-refractivity contribution in [2.24, 2.45) is 4.99 Å². The molecule has 29 heavy (non-hydrogen) atoms. The topological polar surface area (TPSA) is 52.5 Å². The van der Waals surface area contributed by atoms with Gasteiger partial charge in [0, 0.05) is 30.4 Å². The highest BCUT2D eigenvalue weighted by molar-refractivity contribution is 6.02. The Labute approximate surface area is 172 Å². The van der Waals surface area contributed by atoms with Gasteiger partial charge in [-0.3, -0.25) is 4.99 Å². The van der Waals surface area contributed by atoms with E-state index in [1.54, 1.807) is 0 Å². The fourth-order valence-electron chi connectivity index (χ4n) is 3.94. The Balaban J connectivity index is 1.70. The summed E-state index contributed by atoms with van der Waals surface area (Å²) in [5.74, 6) is 0.851. The van der Waals surface area contributed by atoms with E-state index in [0.29, 0.717) is 6.04 Å². The molecule has 3 heterocycles. The highest BCUT2D eigenvalue weighted by atomic mass is 15.2. The van der Waals surface area contributed by atoms with Gasteiger partial charge in [0.05, 0.1) is 11.2 Å². The lowest BCUT2D eigenvalue weighted by Crippen LogP contribution is -2.35. The minimum absolute atomic E-state index is 0.487. The number of piperidine rings is 1. The maximum Gasteiger partial charge on any atom is 0.158 e. The van der Waals surface area contributed by atoms with Gasteiger partial charge in [0.1, 0.15) is 5.69 Å². The molecule has 0 unspecified atom stereocenters. The Hall–Kier alpha value is -2.92. The predicted octanol–water partition coefficient (Wildman–Crippen LogP) is 4.45. The minimum atomic E-state index is 0.487. The molecule has 5 nitrogen and oxygen atoms in total. The van der Waals surface area contributed by atoms with Crippen LogP contribution in [-0.4, -0.2) is 41.9 Å². The van der Waals surface area contributed by atoms with Gasteiger partial charge in [-0.05, 0) is 56.6 Å². The standard InChI is InChI=1S/C24H29N5/c1-3-7-20-9-4-5-17-29(20)24(25-2)22-12-11-18-8-6-10-21(23(18)28-22)27-19-13-15-26-16-14-19/h4-12,17,19,26-27H,3,13-16H2,1-2H3/b20-7+,25-24?. The van der Waals surface area contributed by atoms with Crippen molar-refractivity contribution in [1.82, 2.24) is 15.2 Å². The molecule has 1 aromatic carbocycles. The molecule has 0 aliphatic carbocycles. The predicted molar refractivity (Wildman–Crippen MR) is 122 cm³/mol. The lowest BCUT2D eigenvalue weighted by Gasteiger charge is -2.26. The van der Waals surface area contributed by atoms with E-state index in [0.717, 1.165) is 66.2 Å². The summed E-state index contributed by atoms with van der Waals surface area (Å²) in [5.41, 5.74) is 4.10. The number of benzene rings is 1. The SMILES string of the molecule is CC/C=C1\C=CC=CN1C(=NC)c1ccc2cccc(NC3CCNCC3)c2n1. The summed E-state index contributed by atoms with van der Waals surface area (Å²) in [5, 5.41) is 8.29. The van der Waals surface area contributed by atoms with Crippen LogP contribution in [0.1, 0.15) is 31.9 Å². The van der Waals surface area contributed by atoms with E-state index in [2.05, 4.69) is 82.2 Å². The Bertz CT molecular complexity index is 980. The number of amidine groups is 1. The summed E-state index contributed by atoms with van der Waals surface area (Å²) in [7, 11) is 1.83. The number of hydrogen-bond donors (Lipinski definition) is 2. The molecule has 2 aliphatic heterocycles. The van der Waals surface area contributed by atoms with Crippen molar-refractivity contribution >= 4 is 22.4 Å². The van der Waals surface area contributed by atoms with E-state index in [1.165, 1.54) is 0 Å². The zero-order valence-corrected chi connectivity index (χ0v) is 17.2. The highest BCUT2D eigenvalue weighted by Gasteiger charge is 2.18. The van der Waals surface area contributed by atoms with Crippen molar-refractivity contribution in [3.05, 3.63) is 72.2 Å². The van der Waals surface area contributed by atoms with Crippen molar-refractivity contribution in [2.45, 2.75) is 32.2 Å². The minimum Gasteiger partial charge on any atom is -0.380 e. The van der Waals surface area contributed by atoms with E-state index >= 15 is 0 Å². The van der Waals surface area contributed by atoms with E-state index in [4.69, 9.17) is 4.98 Å². The molecule has 0 saturated carbocycles. The van der Waals surface area contributed by atoms with Gasteiger partial charge in [-0.2, -0.15) is 0 Å². The van der Waals surface area contributed by atoms with Crippen LogP contribution in [-0.2, 0) is 0 Å². The van der Waals surface area contributed by atoms with Crippen LogP contribution in [0.15, 0.2) is 71.5 Å². The molecule has 0 atom stereocenters. The van der Waals surface area contributed by atoms with Gasteiger partial charge in [-0.15, -0.1) is 0 Å². The molecule has 150 valence electrons. The largest absolute Gasteiger partial charge is 0.380 e. The maximum atomic E-state index is 5.05. The average molecular weight is 388 g/mol. The molecule has 2 N–H and O–H groups in total. The number of allylic oxidation sites excluding steroid dienone is 4. The van der Waals surface area contributed by atoms with E-state index in [9.17, 15) is 0 Å². The van der Waals surface area contributed by atoms with Gasteiger partial charge in [0.2, 0.25) is 0 Å². The normalized spacial score (nSPS) is 19.3. The molecule has 0 bridgehead atoms. The first kappa shape index (κ1) is 19.4. The quantitative estimate of drug-likeness (QED) is 0.601. The lowest BCUT2D eigenvalue weighted by molar-refractivity contribution is 0.479. The summed E-state index contributed by atoms with van der Waals surface area (Å²) in [6.45, 7) is 4.28. The maximum absolute atomic E-state index is 5.05. The molecule has 2 aromatic rings. The third-order valence-electron chi connectivity index (χ3n) is 5.39. The molecule has 1 fully saturated rings. The van der Waals surface area contributed by atoms with Gasteiger partial charge < -0.3 is 15.5 Å². The van der Waals surface area contributed by atoms with Crippen molar-refractivity contribution in [2.75, 3.05) is 25.5 Å². The van der Waals surface area contributed by atoms with Gasteiger partial charge in [0.25, 0.3) is 0 Å². The number of anilines is 1. The molecular formula is C24H29N5. The van der Waals surface area contributed by atoms with Crippen LogP contribution in [0, 0.1) is 0 Å². The smallest absolute Gasteiger partial charge is 0.158 e. The second-order valence-corrected chi connectivity index (χ2v) is 7.40. The molecule has 2 aliphatic rings. The van der Waals surface area contributed by atoms with Crippen LogP contribution in [0.25, 0.3) is 10.9 Å². The van der Waals surface area contributed by atoms with Crippen LogP contribution in [0.5, 0.6) is 0 Å². The number of hydrogen-bond acceptors (Lipinski definition) is 4. The number of nitrogens with one attached hydrogen (secondary N) is 2. The van der Waals surface area contributed by atoms with Crippen molar-refractivity contribution in [1.29, 1.82) is 0 Å². The average Bonchev–Trinajstić information content (AvgIpc) is 2.77. The van der Waals surface area contributed by atoms with Gasteiger partial charge in [-0.1, -0.05) is 37.3 Å². The van der Waals surface area contributed by atoms with Crippen molar-refractivity contribution in [3.8, 4) is 0 Å². The van der Waals surface area contributed by atoms with E-state index < -0.39 is 0 Å². The number of nitrogens with zero attached hydrogens (tertiary/aromatic N) is 3. The van der Waals surface area contributed by atoms with Gasteiger partial charge in [0.15, 0.2) is 5.84 Å². The van der Waals surface area contributed by atoms with Gasteiger partial charge >= 0.3 is 0 Å². The second kappa shape index (κ2) is 9.05. The monoisotopic (exact) mass is 387 g/mol. The van der Waals surface area contributed by atoms with Crippen LogP contribution >= 0.6 is 0 Å². The number of aliphatic imine (C=N–C) groups is 1. The van der Waals surface area contributed by atoms with E-state index in [-0.39, 0.29) is 0 Å². The zero-order chi connectivity index (χ0) is 20.1. The summed E-state index contributed by atoms with van der Waals surface area (Å²) in [4.78, 5) is 11.7. The summed E-state index contributed by atoms with van der Waals surface area (Å²) in [6, 6.07) is 11.0. The fraction of sp³-hybridized carbons (Fsp3) is 0.333. The Morgan fingerprint density at radius 2 is 2.10 bits per heavy atom. The molecule has 1 saturated heterocycles. The van der Waals surface area contributed by atoms with Gasteiger partial charge in [-0.25, -0.2) is 4.98 Å². The number of pyridine rings is 1. The van der Waals surface area contributed by atoms with Crippen LogP contribution in [0.2, 0.25) is 0 Å². The fourth-order valence-corrected chi connectivity index (χ4v) is 3.94. The number of fused-ring (bicyclic) bond motifs is 1. The third-order valence-corrected chi connectivity index (χ3v) is 5.39. The molecular weight excluding hydrogens is 358 g/mol. The Morgan fingerprint density at radius 3 is 2.90 bits per heavy atom. The number of aromatic nitrogens is 1. The van der Waals surface area contributed by atoms with Crippen LogP contribution in [0.3, 0.4) is 0 Å². The summed E-state index contributed by atoms with van der Waals surface area (Å²) >= 11 is 0. The van der Waals surface area contributed by atoms with Crippen LogP contribution in [0.4, 0.5) is 5.69 Å². The van der Waals surface area contributed by atoms with Crippen molar-refractivity contribution < 1.29 is 0 Å². The second-order valence-electron chi connectivity index (χ2n) is 7.40. The Morgan fingerprint density at radius 1 is 1.24 bits per heavy atom. The van der Waals surface area contributed by atoms with Crippen molar-refractivity contribution in [3.63, 3.8) is 0 Å². The molecule has 0 radical (unpaired) electrons. The number of rotatable bonds is 4.